The molecule has 2 aromatic carbocycles. The third-order valence-corrected chi connectivity index (χ3v) is 3.80. The van der Waals surface area contributed by atoms with Crippen molar-refractivity contribution in [3.63, 3.8) is 0 Å². The van der Waals surface area contributed by atoms with Gasteiger partial charge in [0.25, 0.3) is 0 Å². The van der Waals surface area contributed by atoms with Gasteiger partial charge in [0, 0.05) is 12.1 Å². The maximum Gasteiger partial charge on any atom is 0.123 e. The van der Waals surface area contributed by atoms with Crippen molar-refractivity contribution in [2.45, 2.75) is 19.4 Å². The Morgan fingerprint density at radius 2 is 1.95 bits per heavy atom. The lowest BCUT2D eigenvalue weighted by molar-refractivity contribution is 0.402. The molecule has 1 heterocycles. The molecule has 0 saturated heterocycles. The third kappa shape index (κ3) is 2.24. The molecule has 0 amide bonds. The molecule has 1 atom stereocenters. The van der Waals surface area contributed by atoms with E-state index in [9.17, 15) is 0 Å². The molecule has 1 N–H and O–H groups in total. The number of rotatable bonds is 2. The van der Waals surface area contributed by atoms with Crippen LogP contribution in [0.2, 0.25) is 0 Å². The molecule has 0 radical (unpaired) electrons. The van der Waals surface area contributed by atoms with Gasteiger partial charge in [-0.2, -0.15) is 0 Å². The van der Waals surface area contributed by atoms with Gasteiger partial charge in [0.15, 0.2) is 0 Å². The average molecular weight is 253 g/mol. The molecule has 2 heteroatoms. The van der Waals surface area contributed by atoms with E-state index >= 15 is 0 Å². The summed E-state index contributed by atoms with van der Waals surface area (Å²) >= 11 is 0. The van der Waals surface area contributed by atoms with Gasteiger partial charge in [0.2, 0.25) is 0 Å². The number of hydrogen-bond acceptors (Lipinski definition) is 2. The number of fused-ring (bicyclic) bond motifs is 1. The SMILES string of the molecule is COc1ccccc1C1NCCc2cc(C)ccc21. The van der Waals surface area contributed by atoms with E-state index in [1.54, 1.807) is 7.11 Å². The Morgan fingerprint density at radius 1 is 1.11 bits per heavy atom. The summed E-state index contributed by atoms with van der Waals surface area (Å²) in [5, 5.41) is 3.61. The summed E-state index contributed by atoms with van der Waals surface area (Å²) < 4.78 is 5.50. The number of hydrogen-bond donors (Lipinski definition) is 1. The first-order valence-corrected chi connectivity index (χ1v) is 6.75. The Kier molecular flexibility index (Phi) is 3.26. The Hall–Kier alpha value is -1.80. The zero-order valence-electron chi connectivity index (χ0n) is 11.4. The molecule has 0 spiro atoms. The fourth-order valence-corrected chi connectivity index (χ4v) is 2.88. The van der Waals surface area contributed by atoms with Crippen molar-refractivity contribution >= 4 is 0 Å². The minimum atomic E-state index is 0.237. The van der Waals surface area contributed by atoms with Crippen molar-refractivity contribution in [1.82, 2.24) is 5.32 Å². The summed E-state index contributed by atoms with van der Waals surface area (Å²) in [5.41, 5.74) is 5.38. The fourth-order valence-electron chi connectivity index (χ4n) is 2.88. The summed E-state index contributed by atoms with van der Waals surface area (Å²) in [5.74, 6) is 0.952. The molecular formula is C17H19NO. The van der Waals surface area contributed by atoms with E-state index in [2.05, 4.69) is 42.6 Å². The Bertz CT molecular complexity index is 592. The number of benzene rings is 2. The number of para-hydroxylation sites is 1. The summed E-state index contributed by atoms with van der Waals surface area (Å²) in [6.07, 6.45) is 1.10. The first-order valence-electron chi connectivity index (χ1n) is 6.75. The highest BCUT2D eigenvalue weighted by Gasteiger charge is 2.23. The predicted octanol–water partition coefficient (Wildman–Crippen LogP) is 3.24. The van der Waals surface area contributed by atoms with Gasteiger partial charge in [-0.05, 0) is 30.5 Å². The maximum atomic E-state index is 5.50. The van der Waals surface area contributed by atoms with Crippen LogP contribution in [0.5, 0.6) is 5.75 Å². The van der Waals surface area contributed by atoms with Gasteiger partial charge < -0.3 is 10.1 Å². The average Bonchev–Trinajstić information content (AvgIpc) is 2.46. The fraction of sp³-hybridized carbons (Fsp3) is 0.294. The molecular weight excluding hydrogens is 234 g/mol. The molecule has 19 heavy (non-hydrogen) atoms. The van der Waals surface area contributed by atoms with E-state index in [4.69, 9.17) is 4.74 Å². The molecule has 2 nitrogen and oxygen atoms in total. The molecule has 0 aromatic heterocycles. The smallest absolute Gasteiger partial charge is 0.123 e. The van der Waals surface area contributed by atoms with Crippen LogP contribution in [0.4, 0.5) is 0 Å². The normalized spacial score (nSPS) is 17.9. The molecule has 0 aliphatic carbocycles. The van der Waals surface area contributed by atoms with Crippen LogP contribution in [-0.4, -0.2) is 13.7 Å². The predicted molar refractivity (Wildman–Crippen MR) is 77.7 cm³/mol. The second kappa shape index (κ2) is 5.06. The summed E-state index contributed by atoms with van der Waals surface area (Å²) in [4.78, 5) is 0. The lowest BCUT2D eigenvalue weighted by atomic mass is 9.88. The van der Waals surface area contributed by atoms with E-state index in [0.29, 0.717) is 0 Å². The Balaban J connectivity index is 2.08. The van der Waals surface area contributed by atoms with Gasteiger partial charge in [-0.25, -0.2) is 0 Å². The maximum absolute atomic E-state index is 5.50. The van der Waals surface area contributed by atoms with Crippen LogP contribution in [-0.2, 0) is 6.42 Å². The van der Waals surface area contributed by atoms with Gasteiger partial charge >= 0.3 is 0 Å². The van der Waals surface area contributed by atoms with Crippen LogP contribution in [0, 0.1) is 6.92 Å². The van der Waals surface area contributed by atoms with E-state index in [1.165, 1.54) is 22.3 Å². The largest absolute Gasteiger partial charge is 0.496 e. The van der Waals surface area contributed by atoms with Crippen LogP contribution >= 0.6 is 0 Å². The van der Waals surface area contributed by atoms with Gasteiger partial charge in [0.1, 0.15) is 5.75 Å². The molecule has 98 valence electrons. The quantitative estimate of drug-likeness (QED) is 0.887. The number of methoxy groups -OCH3 is 1. The summed E-state index contributed by atoms with van der Waals surface area (Å²) in [7, 11) is 1.73. The zero-order valence-corrected chi connectivity index (χ0v) is 11.4. The molecule has 0 saturated carbocycles. The van der Waals surface area contributed by atoms with Crippen LogP contribution in [0.1, 0.15) is 28.3 Å². The molecule has 2 aromatic rings. The molecule has 3 rings (SSSR count). The van der Waals surface area contributed by atoms with Gasteiger partial charge in [-0.1, -0.05) is 42.0 Å². The lowest BCUT2D eigenvalue weighted by Gasteiger charge is -2.28. The van der Waals surface area contributed by atoms with Crippen molar-refractivity contribution in [2.24, 2.45) is 0 Å². The van der Waals surface area contributed by atoms with Crippen molar-refractivity contribution in [3.8, 4) is 5.75 Å². The second-order valence-electron chi connectivity index (χ2n) is 5.08. The van der Waals surface area contributed by atoms with Crippen LogP contribution < -0.4 is 10.1 Å². The standard InChI is InChI=1S/C17H19NO/c1-12-7-8-14-13(11-12)9-10-18-17(14)15-5-3-4-6-16(15)19-2/h3-8,11,17-18H,9-10H2,1-2H3. The third-order valence-electron chi connectivity index (χ3n) is 3.80. The minimum absolute atomic E-state index is 0.237. The van der Waals surface area contributed by atoms with E-state index in [-0.39, 0.29) is 6.04 Å². The lowest BCUT2D eigenvalue weighted by Crippen LogP contribution is -2.30. The molecule has 1 aliphatic rings. The topological polar surface area (TPSA) is 21.3 Å². The highest BCUT2D eigenvalue weighted by Crippen LogP contribution is 2.34. The second-order valence-corrected chi connectivity index (χ2v) is 5.08. The monoisotopic (exact) mass is 253 g/mol. The van der Waals surface area contributed by atoms with Crippen molar-refractivity contribution in [2.75, 3.05) is 13.7 Å². The van der Waals surface area contributed by atoms with Crippen LogP contribution in [0.15, 0.2) is 42.5 Å². The van der Waals surface area contributed by atoms with Gasteiger partial charge in [0.05, 0.1) is 13.2 Å². The van der Waals surface area contributed by atoms with E-state index in [1.807, 2.05) is 12.1 Å². The highest BCUT2D eigenvalue weighted by molar-refractivity contribution is 5.46. The number of ether oxygens (including phenoxy) is 1. The number of nitrogens with one attached hydrogen (secondary N) is 1. The zero-order chi connectivity index (χ0) is 13.2. The molecule has 0 bridgehead atoms. The van der Waals surface area contributed by atoms with Crippen LogP contribution in [0.3, 0.4) is 0 Å². The van der Waals surface area contributed by atoms with Gasteiger partial charge in [-0.3, -0.25) is 0 Å². The number of aryl methyl sites for hydroxylation is 1. The van der Waals surface area contributed by atoms with Crippen molar-refractivity contribution in [1.29, 1.82) is 0 Å². The van der Waals surface area contributed by atoms with E-state index < -0.39 is 0 Å². The van der Waals surface area contributed by atoms with Crippen LogP contribution in [0.25, 0.3) is 0 Å². The summed E-state index contributed by atoms with van der Waals surface area (Å²) in [6, 6.07) is 15.2. The molecule has 1 aliphatic heterocycles. The Labute approximate surface area is 114 Å². The Morgan fingerprint density at radius 3 is 2.79 bits per heavy atom. The first kappa shape index (κ1) is 12.2. The van der Waals surface area contributed by atoms with Gasteiger partial charge in [-0.15, -0.1) is 0 Å². The van der Waals surface area contributed by atoms with E-state index in [0.717, 1.165) is 18.7 Å². The first-order chi connectivity index (χ1) is 9.29. The molecule has 0 fully saturated rings. The minimum Gasteiger partial charge on any atom is -0.496 e. The molecule has 1 unspecified atom stereocenters. The summed E-state index contributed by atoms with van der Waals surface area (Å²) in [6.45, 7) is 3.17. The van der Waals surface area contributed by atoms with Crippen molar-refractivity contribution < 1.29 is 4.74 Å². The van der Waals surface area contributed by atoms with Crippen molar-refractivity contribution in [3.05, 3.63) is 64.7 Å². The highest BCUT2D eigenvalue weighted by atomic mass is 16.5.